The zero-order valence-electron chi connectivity index (χ0n) is 17.9. The highest BCUT2D eigenvalue weighted by Gasteiger charge is 2.30. The van der Waals surface area contributed by atoms with Gasteiger partial charge in [0, 0.05) is 44.0 Å². The van der Waals surface area contributed by atoms with Crippen molar-refractivity contribution < 1.29 is 26.7 Å². The SMILES string of the molecule is CCCCC(=O)NC(=S)Nc1ccc(N2CCN(c3c(F)c(F)c(F)c(F)c3F)CC2)cc1. The first-order valence-electron chi connectivity index (χ1n) is 10.4. The Labute approximate surface area is 193 Å². The third-order valence-electron chi connectivity index (χ3n) is 5.28. The largest absolute Gasteiger partial charge is 0.368 e. The zero-order chi connectivity index (χ0) is 24.1. The minimum atomic E-state index is -2.17. The van der Waals surface area contributed by atoms with Gasteiger partial charge in [0.1, 0.15) is 5.69 Å². The monoisotopic (exact) mass is 486 g/mol. The topological polar surface area (TPSA) is 47.6 Å². The second-order valence-corrected chi connectivity index (χ2v) is 7.95. The van der Waals surface area contributed by atoms with E-state index in [1.165, 1.54) is 0 Å². The molecule has 0 radical (unpaired) electrons. The molecule has 1 heterocycles. The molecule has 1 aliphatic rings. The minimum absolute atomic E-state index is 0.0756. The normalized spacial score (nSPS) is 13.8. The lowest BCUT2D eigenvalue weighted by Crippen LogP contribution is -2.47. The van der Waals surface area contributed by atoms with Crippen molar-refractivity contribution in [2.45, 2.75) is 26.2 Å². The molecule has 2 aromatic carbocycles. The van der Waals surface area contributed by atoms with E-state index in [1.54, 1.807) is 24.3 Å². The number of piperazine rings is 1. The molecule has 0 saturated carbocycles. The van der Waals surface area contributed by atoms with Gasteiger partial charge in [-0.05, 0) is 42.9 Å². The number of rotatable bonds is 6. The number of benzene rings is 2. The van der Waals surface area contributed by atoms with Crippen LogP contribution in [0.15, 0.2) is 24.3 Å². The summed E-state index contributed by atoms with van der Waals surface area (Å²) in [6.07, 6.45) is 2.08. The standard InChI is InChI=1S/C22H23F5N4OS/c1-2-3-4-15(32)29-22(33)28-13-5-7-14(8-6-13)30-9-11-31(12-10-30)21-19(26)17(24)16(23)18(25)20(21)27/h5-8H,2-4,9-12H2,1H3,(H2,28,29,32,33). The molecular formula is C22H23F5N4OS. The van der Waals surface area contributed by atoms with Gasteiger partial charge >= 0.3 is 0 Å². The lowest BCUT2D eigenvalue weighted by atomic mass is 10.2. The van der Waals surface area contributed by atoms with E-state index in [0.717, 1.165) is 23.4 Å². The van der Waals surface area contributed by atoms with Crippen LogP contribution in [0.3, 0.4) is 0 Å². The molecule has 0 aliphatic carbocycles. The first kappa shape index (κ1) is 24.7. The minimum Gasteiger partial charge on any atom is -0.368 e. The predicted octanol–water partition coefficient (Wildman–Crippen LogP) is 4.71. The summed E-state index contributed by atoms with van der Waals surface area (Å²) in [7, 11) is 0. The molecule has 0 unspecified atom stereocenters. The van der Waals surface area contributed by atoms with Gasteiger partial charge in [-0.3, -0.25) is 4.79 Å². The van der Waals surface area contributed by atoms with E-state index in [2.05, 4.69) is 10.6 Å². The van der Waals surface area contributed by atoms with Crippen LogP contribution in [0.5, 0.6) is 0 Å². The first-order chi connectivity index (χ1) is 15.7. The second kappa shape index (κ2) is 10.8. The highest BCUT2D eigenvalue weighted by atomic mass is 32.1. The van der Waals surface area contributed by atoms with E-state index in [4.69, 9.17) is 12.2 Å². The van der Waals surface area contributed by atoms with Crippen LogP contribution < -0.4 is 20.4 Å². The van der Waals surface area contributed by atoms with Crippen molar-refractivity contribution in [2.24, 2.45) is 0 Å². The molecule has 5 nitrogen and oxygen atoms in total. The number of carbonyl (C=O) groups excluding carboxylic acids is 1. The number of hydrogen-bond donors (Lipinski definition) is 2. The number of carbonyl (C=O) groups is 1. The quantitative estimate of drug-likeness (QED) is 0.268. The predicted molar refractivity (Wildman–Crippen MR) is 121 cm³/mol. The lowest BCUT2D eigenvalue weighted by Gasteiger charge is -2.37. The molecule has 3 rings (SSSR count). The Bertz CT molecular complexity index is 997. The van der Waals surface area contributed by atoms with Gasteiger partial charge in [-0.2, -0.15) is 0 Å². The molecule has 0 bridgehead atoms. The summed E-state index contributed by atoms with van der Waals surface area (Å²) in [6.45, 7) is 2.78. The molecule has 0 atom stereocenters. The number of anilines is 3. The maximum atomic E-state index is 14.1. The summed E-state index contributed by atoms with van der Waals surface area (Å²) in [5.41, 5.74) is 0.579. The van der Waals surface area contributed by atoms with Crippen molar-refractivity contribution in [3.8, 4) is 0 Å². The first-order valence-corrected chi connectivity index (χ1v) is 10.9. The van der Waals surface area contributed by atoms with Crippen LogP contribution in [0, 0.1) is 29.1 Å². The van der Waals surface area contributed by atoms with Gasteiger partial charge < -0.3 is 20.4 Å². The van der Waals surface area contributed by atoms with Gasteiger partial charge in [-0.25, -0.2) is 22.0 Å². The van der Waals surface area contributed by atoms with Crippen LogP contribution in [-0.2, 0) is 4.79 Å². The van der Waals surface area contributed by atoms with Gasteiger partial charge in [-0.1, -0.05) is 13.3 Å². The Kier molecular flexibility index (Phi) is 8.06. The van der Waals surface area contributed by atoms with E-state index in [1.807, 2.05) is 11.8 Å². The number of unbranched alkanes of at least 4 members (excludes halogenated alkanes) is 1. The fourth-order valence-corrected chi connectivity index (χ4v) is 3.74. The van der Waals surface area contributed by atoms with Crippen LogP contribution in [-0.4, -0.2) is 37.2 Å². The lowest BCUT2D eigenvalue weighted by molar-refractivity contribution is -0.119. The molecule has 178 valence electrons. The van der Waals surface area contributed by atoms with Crippen molar-refractivity contribution >= 4 is 40.3 Å². The van der Waals surface area contributed by atoms with Gasteiger partial charge in [0.25, 0.3) is 0 Å². The van der Waals surface area contributed by atoms with Gasteiger partial charge in [0.2, 0.25) is 11.7 Å². The summed E-state index contributed by atoms with van der Waals surface area (Å²) >= 11 is 5.13. The number of halogens is 5. The summed E-state index contributed by atoms with van der Waals surface area (Å²) in [5.74, 6) is -9.87. The molecule has 11 heteroatoms. The van der Waals surface area contributed by atoms with Crippen LogP contribution >= 0.6 is 12.2 Å². The Morgan fingerprint density at radius 3 is 1.94 bits per heavy atom. The molecule has 0 spiro atoms. The number of hydrogen-bond acceptors (Lipinski definition) is 4. The molecule has 33 heavy (non-hydrogen) atoms. The van der Waals surface area contributed by atoms with Crippen molar-refractivity contribution in [3.05, 3.63) is 53.4 Å². The zero-order valence-corrected chi connectivity index (χ0v) is 18.7. The summed E-state index contributed by atoms with van der Waals surface area (Å²) in [5, 5.41) is 5.73. The number of amides is 1. The molecular weight excluding hydrogens is 463 g/mol. The molecule has 0 aromatic heterocycles. The fraction of sp³-hybridized carbons (Fsp3) is 0.364. The maximum absolute atomic E-state index is 14.1. The molecule has 1 saturated heterocycles. The number of thiocarbonyl (C=S) groups is 1. The highest BCUT2D eigenvalue weighted by molar-refractivity contribution is 7.80. The Morgan fingerprint density at radius 2 is 1.39 bits per heavy atom. The summed E-state index contributed by atoms with van der Waals surface area (Å²) in [6, 6.07) is 7.13. The number of nitrogens with zero attached hydrogens (tertiary/aromatic N) is 2. The van der Waals surface area contributed by atoms with Crippen LogP contribution in [0.4, 0.5) is 39.0 Å². The molecule has 1 amide bonds. The number of nitrogens with one attached hydrogen (secondary N) is 2. The molecule has 1 fully saturated rings. The molecule has 2 aromatic rings. The van der Waals surface area contributed by atoms with Crippen molar-refractivity contribution in [2.75, 3.05) is 41.3 Å². The van der Waals surface area contributed by atoms with Crippen molar-refractivity contribution in [1.29, 1.82) is 0 Å². The van der Waals surface area contributed by atoms with Gasteiger partial charge in [0.05, 0.1) is 0 Å². The van der Waals surface area contributed by atoms with Crippen molar-refractivity contribution in [3.63, 3.8) is 0 Å². The third-order valence-corrected chi connectivity index (χ3v) is 5.49. The molecule has 2 N–H and O–H groups in total. The van der Waals surface area contributed by atoms with Crippen LogP contribution in [0.25, 0.3) is 0 Å². The van der Waals surface area contributed by atoms with Crippen LogP contribution in [0.2, 0.25) is 0 Å². The third kappa shape index (κ3) is 5.70. The second-order valence-electron chi connectivity index (χ2n) is 7.55. The Hall–Kier alpha value is -2.95. The smallest absolute Gasteiger partial charge is 0.226 e. The van der Waals surface area contributed by atoms with Crippen molar-refractivity contribution in [1.82, 2.24) is 5.32 Å². The van der Waals surface area contributed by atoms with E-state index in [0.29, 0.717) is 25.2 Å². The summed E-state index contributed by atoms with van der Waals surface area (Å²) in [4.78, 5) is 14.8. The maximum Gasteiger partial charge on any atom is 0.226 e. The average Bonchev–Trinajstić information content (AvgIpc) is 2.81. The van der Waals surface area contributed by atoms with Crippen LogP contribution in [0.1, 0.15) is 26.2 Å². The van der Waals surface area contributed by atoms with Gasteiger partial charge in [0.15, 0.2) is 28.4 Å². The highest BCUT2D eigenvalue weighted by Crippen LogP contribution is 2.31. The fourth-order valence-electron chi connectivity index (χ4n) is 3.50. The van der Waals surface area contributed by atoms with E-state index < -0.39 is 34.8 Å². The summed E-state index contributed by atoms with van der Waals surface area (Å²) < 4.78 is 68.5. The van der Waals surface area contributed by atoms with E-state index in [9.17, 15) is 26.7 Å². The Morgan fingerprint density at radius 1 is 0.879 bits per heavy atom. The van der Waals surface area contributed by atoms with E-state index >= 15 is 0 Å². The van der Waals surface area contributed by atoms with Gasteiger partial charge in [-0.15, -0.1) is 0 Å². The average molecular weight is 487 g/mol. The molecule has 1 aliphatic heterocycles. The Balaban J connectivity index is 1.59. The van der Waals surface area contributed by atoms with E-state index in [-0.39, 0.29) is 24.1 Å².